The number of benzene rings is 2. The third-order valence-corrected chi connectivity index (χ3v) is 6.68. The molecular formula is C27H29F3N4O5S. The van der Waals surface area contributed by atoms with Crippen LogP contribution < -0.4 is 10.1 Å². The molecule has 9 nitrogen and oxygen atoms in total. The summed E-state index contributed by atoms with van der Waals surface area (Å²) in [5.41, 5.74) is 2.70. The Balaban J connectivity index is 0.000000249. The molecule has 0 unspecified atom stereocenters. The number of hydrogen-bond donors (Lipinski definition) is 2. The van der Waals surface area contributed by atoms with Crippen LogP contribution in [0.1, 0.15) is 32.4 Å². The van der Waals surface area contributed by atoms with Crippen molar-refractivity contribution >= 4 is 34.7 Å². The maximum absolute atomic E-state index is 12.2. The van der Waals surface area contributed by atoms with E-state index in [-0.39, 0.29) is 23.7 Å². The lowest BCUT2D eigenvalue weighted by molar-refractivity contribution is -0.274. The first-order valence-electron chi connectivity index (χ1n) is 12.4. The lowest BCUT2D eigenvalue weighted by Crippen LogP contribution is -2.42. The highest BCUT2D eigenvalue weighted by atomic mass is 32.1. The van der Waals surface area contributed by atoms with Gasteiger partial charge in [-0.2, -0.15) is 0 Å². The predicted molar refractivity (Wildman–Crippen MR) is 145 cm³/mol. The highest BCUT2D eigenvalue weighted by Crippen LogP contribution is 2.25. The summed E-state index contributed by atoms with van der Waals surface area (Å²) < 4.78 is 45.0. The van der Waals surface area contributed by atoms with Gasteiger partial charge in [-0.25, -0.2) is 9.78 Å². The zero-order chi connectivity index (χ0) is 29.1. The molecule has 2 aromatic carbocycles. The van der Waals surface area contributed by atoms with Crippen LogP contribution in [0.25, 0.3) is 10.6 Å². The normalized spacial score (nSPS) is 14.1. The number of amides is 2. The first-order valence-corrected chi connectivity index (χ1v) is 13.3. The van der Waals surface area contributed by atoms with Crippen molar-refractivity contribution in [1.82, 2.24) is 9.88 Å². The number of piperidine rings is 1. The van der Waals surface area contributed by atoms with Gasteiger partial charge in [0.25, 0.3) is 0 Å². The van der Waals surface area contributed by atoms with E-state index in [1.165, 1.54) is 12.1 Å². The van der Waals surface area contributed by atoms with Gasteiger partial charge >= 0.3 is 18.4 Å². The van der Waals surface area contributed by atoms with E-state index in [4.69, 9.17) is 9.94 Å². The Morgan fingerprint density at radius 3 is 2.35 bits per heavy atom. The molecule has 1 aliphatic rings. The number of halogens is 3. The van der Waals surface area contributed by atoms with Crippen molar-refractivity contribution in [1.29, 1.82) is 0 Å². The van der Waals surface area contributed by atoms with Crippen molar-refractivity contribution in [2.24, 2.45) is 11.1 Å². The number of nitrogens with zero attached hydrogens (tertiary/aromatic N) is 3. The standard InChI is InChI=1S/C16H19F3N2O4.C11H10N2OS/c1-2-24-14(22)11-7-9-21(10-8-11)15(23)20-12-3-5-13(6-4-12)25-16(17,18)19;1-8(13-14)10-7-15-11(12-10)9-5-3-2-4-6-9/h3-6,11H,2,7-10H2,1H3,(H,20,23);2-7,14H,1H3/b;13-8+. The quantitative estimate of drug-likeness (QED) is 0.151. The van der Waals surface area contributed by atoms with E-state index in [1.807, 2.05) is 35.7 Å². The second-order valence-corrected chi connectivity index (χ2v) is 9.46. The van der Waals surface area contributed by atoms with E-state index in [1.54, 1.807) is 30.1 Å². The van der Waals surface area contributed by atoms with Crippen molar-refractivity contribution in [2.45, 2.75) is 33.1 Å². The van der Waals surface area contributed by atoms with Gasteiger partial charge in [0.2, 0.25) is 0 Å². The highest BCUT2D eigenvalue weighted by molar-refractivity contribution is 7.13. The smallest absolute Gasteiger partial charge is 0.466 e. The molecule has 2 heterocycles. The number of urea groups is 1. The van der Waals surface area contributed by atoms with E-state index in [0.717, 1.165) is 28.4 Å². The summed E-state index contributed by atoms with van der Waals surface area (Å²) in [4.78, 5) is 29.8. The zero-order valence-corrected chi connectivity index (χ0v) is 22.7. The van der Waals surface area contributed by atoms with E-state index < -0.39 is 6.36 Å². The number of rotatable bonds is 6. The van der Waals surface area contributed by atoms with Crippen LogP contribution in [0.2, 0.25) is 0 Å². The minimum absolute atomic E-state index is 0.206. The number of esters is 1. The van der Waals surface area contributed by atoms with Crippen molar-refractivity contribution in [3.63, 3.8) is 0 Å². The van der Waals surface area contributed by atoms with Crippen molar-refractivity contribution < 1.29 is 37.4 Å². The SMILES string of the molecule is C/C(=N\O)c1csc(-c2ccccc2)n1.CCOC(=O)C1CCN(C(=O)Nc2ccc(OC(F)(F)F)cc2)CC1. The van der Waals surface area contributed by atoms with Crippen LogP contribution in [0.5, 0.6) is 5.75 Å². The molecule has 2 amide bonds. The monoisotopic (exact) mass is 578 g/mol. The summed E-state index contributed by atoms with van der Waals surface area (Å²) in [7, 11) is 0. The third kappa shape index (κ3) is 9.26. The van der Waals surface area contributed by atoms with Crippen molar-refractivity contribution in [2.75, 3.05) is 25.0 Å². The molecule has 0 spiro atoms. The summed E-state index contributed by atoms with van der Waals surface area (Å²) in [6, 6.07) is 14.5. The Bertz CT molecular complexity index is 1280. The minimum atomic E-state index is -4.76. The van der Waals surface area contributed by atoms with Crippen LogP contribution in [0.3, 0.4) is 0 Å². The summed E-state index contributed by atoms with van der Waals surface area (Å²) in [5.74, 6) is -0.814. The van der Waals surface area contributed by atoms with Gasteiger partial charge < -0.3 is 24.9 Å². The Labute approximate surface area is 233 Å². The predicted octanol–water partition coefficient (Wildman–Crippen LogP) is 6.40. The van der Waals surface area contributed by atoms with Gasteiger partial charge in [-0.05, 0) is 51.0 Å². The maximum Gasteiger partial charge on any atom is 0.573 e. The van der Waals surface area contributed by atoms with Crippen LogP contribution in [0.4, 0.5) is 23.7 Å². The molecule has 1 saturated heterocycles. The van der Waals surface area contributed by atoms with Gasteiger partial charge in [0.05, 0.1) is 18.2 Å². The number of alkyl halides is 3. The van der Waals surface area contributed by atoms with E-state index in [2.05, 4.69) is 20.2 Å². The Kier molecular flexibility index (Phi) is 10.9. The second-order valence-electron chi connectivity index (χ2n) is 8.61. The summed E-state index contributed by atoms with van der Waals surface area (Å²) in [6.07, 6.45) is -3.72. The highest BCUT2D eigenvalue weighted by Gasteiger charge is 2.31. The fraction of sp³-hybridized carbons (Fsp3) is 0.333. The molecule has 1 fully saturated rings. The molecule has 0 aliphatic carbocycles. The maximum atomic E-state index is 12.2. The zero-order valence-electron chi connectivity index (χ0n) is 21.9. The molecular weight excluding hydrogens is 549 g/mol. The number of ether oxygens (including phenoxy) is 2. The Hall–Kier alpha value is -4.13. The molecule has 0 atom stereocenters. The molecule has 13 heteroatoms. The first kappa shape index (κ1) is 30.4. The number of carbonyl (C=O) groups excluding carboxylic acids is 2. The molecule has 214 valence electrons. The molecule has 2 N–H and O–H groups in total. The number of hydrogen-bond acceptors (Lipinski definition) is 8. The molecule has 40 heavy (non-hydrogen) atoms. The first-order chi connectivity index (χ1) is 19.1. The van der Waals surface area contributed by atoms with Gasteiger partial charge in [-0.3, -0.25) is 4.79 Å². The molecule has 1 aliphatic heterocycles. The number of likely N-dealkylation sites (tertiary alicyclic amines) is 1. The molecule has 1 aromatic heterocycles. The summed E-state index contributed by atoms with van der Waals surface area (Å²) in [6.45, 7) is 4.61. The lowest BCUT2D eigenvalue weighted by Gasteiger charge is -2.30. The van der Waals surface area contributed by atoms with E-state index in [9.17, 15) is 22.8 Å². The van der Waals surface area contributed by atoms with E-state index in [0.29, 0.717) is 43.9 Å². The van der Waals surface area contributed by atoms with Crippen molar-refractivity contribution in [3.8, 4) is 16.3 Å². The largest absolute Gasteiger partial charge is 0.573 e. The van der Waals surface area contributed by atoms with Crippen LogP contribution in [0, 0.1) is 5.92 Å². The van der Waals surface area contributed by atoms with Crippen LogP contribution in [0.15, 0.2) is 65.1 Å². The summed E-state index contributed by atoms with van der Waals surface area (Å²) in [5, 5.41) is 17.2. The Morgan fingerprint density at radius 1 is 1.12 bits per heavy atom. The molecule has 4 rings (SSSR count). The van der Waals surface area contributed by atoms with Crippen molar-refractivity contribution in [3.05, 3.63) is 65.7 Å². The van der Waals surface area contributed by atoms with E-state index >= 15 is 0 Å². The van der Waals surface area contributed by atoms with Gasteiger partial charge in [0, 0.05) is 29.7 Å². The molecule has 0 radical (unpaired) electrons. The number of aromatic nitrogens is 1. The topological polar surface area (TPSA) is 113 Å². The number of thiazole rings is 1. The van der Waals surface area contributed by atoms with Crippen LogP contribution in [-0.4, -0.2) is 58.9 Å². The second kappa shape index (κ2) is 14.3. The minimum Gasteiger partial charge on any atom is -0.466 e. The number of anilines is 1. The fourth-order valence-electron chi connectivity index (χ4n) is 3.73. The average Bonchev–Trinajstić information content (AvgIpc) is 3.44. The number of oxime groups is 1. The lowest BCUT2D eigenvalue weighted by atomic mass is 9.97. The van der Waals surface area contributed by atoms with Crippen LogP contribution >= 0.6 is 11.3 Å². The summed E-state index contributed by atoms with van der Waals surface area (Å²) >= 11 is 1.54. The average molecular weight is 579 g/mol. The number of nitrogens with one attached hydrogen (secondary N) is 1. The molecule has 0 bridgehead atoms. The molecule has 0 saturated carbocycles. The third-order valence-electron chi connectivity index (χ3n) is 5.79. The Morgan fingerprint density at radius 2 is 1.77 bits per heavy atom. The van der Waals surface area contributed by atoms with Gasteiger partial charge in [0.15, 0.2) is 0 Å². The molecule has 3 aromatic rings. The van der Waals surface area contributed by atoms with Gasteiger partial charge in [0.1, 0.15) is 16.5 Å². The fourth-order valence-corrected chi connectivity index (χ4v) is 4.60. The van der Waals surface area contributed by atoms with Gasteiger partial charge in [-0.1, -0.05) is 35.5 Å². The van der Waals surface area contributed by atoms with Crippen LogP contribution in [-0.2, 0) is 9.53 Å². The number of carbonyl (C=O) groups is 2. The van der Waals surface area contributed by atoms with Gasteiger partial charge in [-0.15, -0.1) is 24.5 Å².